The number of hydrogen-bond donors (Lipinski definition) is 0. The zero-order valence-corrected chi connectivity index (χ0v) is 12.4. The number of amides is 2. The first-order valence-electron chi connectivity index (χ1n) is 7.14. The second-order valence-corrected chi connectivity index (χ2v) is 5.15. The lowest BCUT2D eigenvalue weighted by atomic mass is 10.2. The molecule has 1 aromatic rings. The fourth-order valence-corrected chi connectivity index (χ4v) is 2.38. The van der Waals surface area contributed by atoms with E-state index in [2.05, 4.69) is 0 Å². The van der Waals surface area contributed by atoms with Crippen molar-refractivity contribution in [3.8, 4) is 0 Å². The monoisotopic (exact) mass is 306 g/mol. The van der Waals surface area contributed by atoms with Gasteiger partial charge in [-0.15, -0.1) is 0 Å². The van der Waals surface area contributed by atoms with Crippen molar-refractivity contribution >= 4 is 23.4 Å². The molecule has 0 aromatic heterocycles. The van der Waals surface area contributed by atoms with Crippen molar-refractivity contribution in [1.29, 1.82) is 0 Å². The van der Waals surface area contributed by atoms with Crippen molar-refractivity contribution in [2.24, 2.45) is 0 Å². The molecule has 0 N–H and O–H groups in total. The summed E-state index contributed by atoms with van der Waals surface area (Å²) in [6, 6.07) is 7.25. The minimum absolute atomic E-state index is 0.0600. The van der Waals surface area contributed by atoms with E-state index < -0.39 is 6.09 Å². The van der Waals surface area contributed by atoms with Crippen LogP contribution in [0.3, 0.4) is 0 Å². The van der Waals surface area contributed by atoms with Gasteiger partial charge in [-0.1, -0.05) is 0 Å². The van der Waals surface area contributed by atoms with Crippen LogP contribution in [0, 0.1) is 0 Å². The molecule has 7 heteroatoms. The molecule has 1 atom stereocenters. The Hall–Kier alpha value is -2.12. The molecular formula is C15H18N2O5. The average molecular weight is 306 g/mol. The number of hydrogen-bond acceptors (Lipinski definition) is 5. The quantitative estimate of drug-likeness (QED) is 0.777. The van der Waals surface area contributed by atoms with Crippen LogP contribution in [0.25, 0.3) is 0 Å². The average Bonchev–Trinajstić information content (AvgIpc) is 3.37. The normalized spacial score (nSPS) is 20.7. The molecule has 2 aliphatic heterocycles. The van der Waals surface area contributed by atoms with Crippen LogP contribution >= 0.6 is 0 Å². The van der Waals surface area contributed by atoms with E-state index in [4.69, 9.17) is 14.2 Å². The standard InChI is InChI=1S/C15H18N2O5/c1-20-15(19)17(8-13-9-22-13)12-4-2-11(3-5-12)16-6-7-21-10-14(16)18/h2-5,13H,6-10H2,1H3/t13-/m1/s1. The molecule has 118 valence electrons. The summed E-state index contributed by atoms with van der Waals surface area (Å²) in [5.41, 5.74) is 1.51. The Bertz CT molecular complexity index is 556. The molecule has 2 fully saturated rings. The Kier molecular flexibility index (Phi) is 4.26. The largest absolute Gasteiger partial charge is 0.452 e. The van der Waals surface area contributed by atoms with Gasteiger partial charge >= 0.3 is 6.09 Å². The van der Waals surface area contributed by atoms with Crippen LogP contribution in [0.5, 0.6) is 0 Å². The molecule has 0 spiro atoms. The maximum Gasteiger partial charge on any atom is 0.414 e. The van der Waals surface area contributed by atoms with Gasteiger partial charge in [0.1, 0.15) is 6.61 Å². The molecule has 0 unspecified atom stereocenters. The highest BCUT2D eigenvalue weighted by Crippen LogP contribution is 2.24. The number of rotatable bonds is 4. The molecule has 3 rings (SSSR count). The van der Waals surface area contributed by atoms with Crippen LogP contribution in [-0.4, -0.2) is 58.1 Å². The van der Waals surface area contributed by atoms with Crippen molar-refractivity contribution in [3.05, 3.63) is 24.3 Å². The summed E-state index contributed by atoms with van der Waals surface area (Å²) in [5, 5.41) is 0. The van der Waals surface area contributed by atoms with Crippen LogP contribution in [0.1, 0.15) is 0 Å². The predicted molar refractivity (Wildman–Crippen MR) is 79.1 cm³/mol. The van der Waals surface area contributed by atoms with E-state index in [-0.39, 0.29) is 18.6 Å². The number of epoxide rings is 1. The number of morpholine rings is 1. The summed E-state index contributed by atoms with van der Waals surface area (Å²) >= 11 is 0. The van der Waals surface area contributed by atoms with E-state index in [1.165, 1.54) is 12.0 Å². The number of ether oxygens (including phenoxy) is 3. The molecule has 22 heavy (non-hydrogen) atoms. The van der Waals surface area contributed by atoms with Gasteiger partial charge in [0.25, 0.3) is 5.91 Å². The lowest BCUT2D eigenvalue weighted by Gasteiger charge is -2.27. The van der Waals surface area contributed by atoms with Crippen LogP contribution in [0.4, 0.5) is 16.2 Å². The van der Waals surface area contributed by atoms with Crippen molar-refractivity contribution in [1.82, 2.24) is 0 Å². The second kappa shape index (κ2) is 6.33. The van der Waals surface area contributed by atoms with Gasteiger partial charge in [0.05, 0.1) is 33.0 Å². The molecule has 0 bridgehead atoms. The zero-order valence-electron chi connectivity index (χ0n) is 12.4. The van der Waals surface area contributed by atoms with Crippen LogP contribution < -0.4 is 9.80 Å². The first kappa shape index (κ1) is 14.8. The predicted octanol–water partition coefficient (Wildman–Crippen LogP) is 1.02. The van der Waals surface area contributed by atoms with Gasteiger partial charge < -0.3 is 19.1 Å². The van der Waals surface area contributed by atoms with Gasteiger partial charge in [-0.05, 0) is 24.3 Å². The van der Waals surface area contributed by atoms with E-state index >= 15 is 0 Å². The minimum atomic E-state index is -0.425. The molecule has 1 aromatic carbocycles. The summed E-state index contributed by atoms with van der Waals surface area (Å²) in [4.78, 5) is 26.9. The maximum atomic E-state index is 11.9. The van der Waals surface area contributed by atoms with E-state index in [0.29, 0.717) is 32.0 Å². The van der Waals surface area contributed by atoms with Gasteiger partial charge in [0, 0.05) is 17.9 Å². The molecule has 0 saturated carbocycles. The highest BCUT2D eigenvalue weighted by molar-refractivity contribution is 5.95. The number of carbonyl (C=O) groups excluding carboxylic acids is 2. The number of anilines is 2. The van der Waals surface area contributed by atoms with Gasteiger partial charge in [-0.25, -0.2) is 4.79 Å². The summed E-state index contributed by atoms with van der Waals surface area (Å²) in [6.07, 6.45) is -0.356. The second-order valence-electron chi connectivity index (χ2n) is 5.15. The molecule has 0 radical (unpaired) electrons. The third kappa shape index (κ3) is 3.20. The molecule has 2 saturated heterocycles. The Morgan fingerprint density at radius 3 is 2.73 bits per heavy atom. The van der Waals surface area contributed by atoms with E-state index in [1.54, 1.807) is 17.0 Å². The fraction of sp³-hybridized carbons (Fsp3) is 0.467. The number of benzene rings is 1. The summed E-state index contributed by atoms with van der Waals surface area (Å²) in [7, 11) is 1.35. The van der Waals surface area contributed by atoms with Gasteiger partial charge in [0.15, 0.2) is 0 Å². The molecule has 7 nitrogen and oxygen atoms in total. The third-order valence-corrected chi connectivity index (χ3v) is 3.64. The van der Waals surface area contributed by atoms with Crippen molar-refractivity contribution in [3.63, 3.8) is 0 Å². The van der Waals surface area contributed by atoms with Crippen molar-refractivity contribution in [2.75, 3.05) is 49.8 Å². The summed E-state index contributed by atoms with van der Waals surface area (Å²) in [5.74, 6) is -0.0600. The Morgan fingerprint density at radius 1 is 1.41 bits per heavy atom. The van der Waals surface area contributed by atoms with E-state index in [0.717, 1.165) is 5.69 Å². The van der Waals surface area contributed by atoms with Gasteiger partial charge in [-0.3, -0.25) is 9.69 Å². The van der Waals surface area contributed by atoms with Gasteiger partial charge in [0.2, 0.25) is 0 Å². The van der Waals surface area contributed by atoms with Crippen LogP contribution in [0.2, 0.25) is 0 Å². The van der Waals surface area contributed by atoms with Crippen LogP contribution in [-0.2, 0) is 19.0 Å². The fourth-order valence-electron chi connectivity index (χ4n) is 2.38. The smallest absolute Gasteiger partial charge is 0.414 e. The van der Waals surface area contributed by atoms with Crippen LogP contribution in [0.15, 0.2) is 24.3 Å². The summed E-state index contributed by atoms with van der Waals surface area (Å²) < 4.78 is 15.1. The van der Waals surface area contributed by atoms with E-state index in [1.807, 2.05) is 12.1 Å². The molecule has 2 heterocycles. The van der Waals surface area contributed by atoms with Crippen molar-refractivity contribution in [2.45, 2.75) is 6.10 Å². The van der Waals surface area contributed by atoms with Gasteiger partial charge in [-0.2, -0.15) is 0 Å². The lowest BCUT2D eigenvalue weighted by molar-refractivity contribution is -0.125. The molecule has 0 aliphatic carbocycles. The molecule has 2 amide bonds. The first-order valence-corrected chi connectivity index (χ1v) is 7.14. The highest BCUT2D eigenvalue weighted by atomic mass is 16.6. The number of carbonyl (C=O) groups is 2. The maximum absolute atomic E-state index is 11.9. The number of methoxy groups -OCH3 is 1. The Morgan fingerprint density at radius 2 is 2.14 bits per heavy atom. The first-order chi connectivity index (χ1) is 10.7. The van der Waals surface area contributed by atoms with Crippen molar-refractivity contribution < 1.29 is 23.8 Å². The van der Waals surface area contributed by atoms with E-state index in [9.17, 15) is 9.59 Å². The number of nitrogens with zero attached hydrogens (tertiary/aromatic N) is 2. The lowest BCUT2D eigenvalue weighted by Crippen LogP contribution is -2.41. The molecular weight excluding hydrogens is 288 g/mol. The minimum Gasteiger partial charge on any atom is -0.452 e. The third-order valence-electron chi connectivity index (χ3n) is 3.64. The Labute approximate surface area is 128 Å². The highest BCUT2D eigenvalue weighted by Gasteiger charge is 2.29. The summed E-state index contributed by atoms with van der Waals surface area (Å²) in [6.45, 7) is 2.29. The zero-order chi connectivity index (χ0) is 15.5. The SMILES string of the molecule is COC(=O)N(C[C@@H]1CO1)c1ccc(N2CCOCC2=O)cc1. The topological polar surface area (TPSA) is 71.6 Å². The Balaban J connectivity index is 1.76. The molecule has 2 aliphatic rings.